The zero-order valence-corrected chi connectivity index (χ0v) is 18.1. The third-order valence-corrected chi connectivity index (χ3v) is 5.59. The van der Waals surface area contributed by atoms with Crippen LogP contribution in [0.1, 0.15) is 24.6 Å². The summed E-state index contributed by atoms with van der Waals surface area (Å²) >= 11 is 5.34. The number of hydrogen-bond acceptors (Lipinski definition) is 6. The Hall–Kier alpha value is -3.79. The van der Waals surface area contributed by atoms with Gasteiger partial charge in [0.2, 0.25) is 5.91 Å². The maximum absolute atomic E-state index is 12.8. The van der Waals surface area contributed by atoms with Crippen molar-refractivity contribution in [3.63, 3.8) is 0 Å². The Morgan fingerprint density at radius 2 is 1.97 bits per heavy atom. The molecule has 32 heavy (non-hydrogen) atoms. The average Bonchev–Trinajstić information content (AvgIpc) is 3.43. The maximum Gasteiger partial charge on any atom is 0.244 e. The lowest BCUT2D eigenvalue weighted by atomic mass is 10.2. The minimum Gasteiger partial charge on any atom is -0.497 e. The number of ether oxygens (including phenoxy) is 1. The SMILES string of the molecule is COc1ccc(-c2n[nH]c(=S)n2CC(=O)Nc2cccc(-c3n[nH]c(C4CC4)n3)c2)cc1. The number of aromatic amines is 2. The quantitative estimate of drug-likeness (QED) is 0.370. The number of carbonyl (C=O) groups excluding carboxylic acids is 1. The molecule has 1 amide bonds. The van der Waals surface area contributed by atoms with Crippen molar-refractivity contribution in [1.29, 1.82) is 0 Å². The molecule has 0 spiro atoms. The molecule has 1 aliphatic carbocycles. The number of aromatic nitrogens is 6. The zero-order chi connectivity index (χ0) is 22.1. The van der Waals surface area contributed by atoms with Gasteiger partial charge in [-0.25, -0.2) is 4.98 Å². The highest BCUT2D eigenvalue weighted by molar-refractivity contribution is 7.71. The predicted octanol–water partition coefficient (Wildman–Crippen LogP) is 3.92. The van der Waals surface area contributed by atoms with Crippen LogP contribution in [0.4, 0.5) is 5.69 Å². The van der Waals surface area contributed by atoms with E-state index in [1.54, 1.807) is 11.7 Å². The van der Waals surface area contributed by atoms with Gasteiger partial charge in [-0.05, 0) is 61.5 Å². The molecule has 5 rings (SSSR count). The van der Waals surface area contributed by atoms with E-state index in [2.05, 4.69) is 30.7 Å². The van der Waals surface area contributed by atoms with Gasteiger partial charge in [-0.1, -0.05) is 12.1 Å². The number of nitrogens with one attached hydrogen (secondary N) is 3. The molecular weight excluding hydrogens is 426 g/mol. The molecule has 1 aliphatic rings. The monoisotopic (exact) mass is 447 g/mol. The van der Waals surface area contributed by atoms with E-state index in [1.807, 2.05) is 48.5 Å². The fourth-order valence-electron chi connectivity index (χ4n) is 3.45. The predicted molar refractivity (Wildman–Crippen MR) is 122 cm³/mol. The number of carbonyl (C=O) groups is 1. The molecule has 1 fully saturated rings. The second-order valence-corrected chi connectivity index (χ2v) is 8.00. The van der Waals surface area contributed by atoms with E-state index in [9.17, 15) is 4.79 Å². The lowest BCUT2D eigenvalue weighted by Crippen LogP contribution is -2.19. The maximum atomic E-state index is 12.8. The molecule has 0 unspecified atom stereocenters. The van der Waals surface area contributed by atoms with E-state index in [-0.39, 0.29) is 12.5 Å². The minimum absolute atomic E-state index is 0.0212. The topological polar surface area (TPSA) is 114 Å². The molecule has 3 N–H and O–H groups in total. The van der Waals surface area contributed by atoms with Crippen molar-refractivity contribution in [2.24, 2.45) is 0 Å². The van der Waals surface area contributed by atoms with E-state index >= 15 is 0 Å². The van der Waals surface area contributed by atoms with Crippen molar-refractivity contribution in [3.05, 3.63) is 59.1 Å². The molecule has 4 aromatic rings. The van der Waals surface area contributed by atoms with Gasteiger partial charge in [0.1, 0.15) is 18.1 Å². The van der Waals surface area contributed by atoms with Gasteiger partial charge in [0.25, 0.3) is 0 Å². The van der Waals surface area contributed by atoms with Gasteiger partial charge in [-0.2, -0.15) is 10.2 Å². The van der Waals surface area contributed by atoms with Crippen LogP contribution in [0.2, 0.25) is 0 Å². The highest BCUT2D eigenvalue weighted by atomic mass is 32.1. The van der Waals surface area contributed by atoms with E-state index in [0.717, 1.165) is 35.5 Å². The van der Waals surface area contributed by atoms with Crippen molar-refractivity contribution in [2.45, 2.75) is 25.3 Å². The van der Waals surface area contributed by atoms with Gasteiger partial charge in [0, 0.05) is 22.7 Å². The van der Waals surface area contributed by atoms with Crippen LogP contribution >= 0.6 is 12.2 Å². The molecule has 1 saturated carbocycles. The number of rotatable bonds is 7. The minimum atomic E-state index is -0.219. The standard InChI is InChI=1S/C22H21N7O2S/c1-31-17-9-7-14(8-10-17)21-27-28-22(32)29(21)12-18(30)23-16-4-2-3-15(11-16)20-24-19(25-26-20)13-5-6-13/h2-4,7-11,13H,5-6,12H2,1H3,(H,23,30)(H,28,32)(H,24,25,26). The van der Waals surface area contributed by atoms with Crippen molar-refractivity contribution in [2.75, 3.05) is 12.4 Å². The Kier molecular flexibility index (Phi) is 5.28. The summed E-state index contributed by atoms with van der Waals surface area (Å²) in [5.41, 5.74) is 2.32. The summed E-state index contributed by atoms with van der Waals surface area (Å²) in [7, 11) is 1.61. The van der Waals surface area contributed by atoms with Crippen molar-refractivity contribution in [1.82, 2.24) is 29.9 Å². The molecule has 0 aliphatic heterocycles. The van der Waals surface area contributed by atoms with Crippen LogP contribution in [-0.4, -0.2) is 43.0 Å². The summed E-state index contributed by atoms with van der Waals surface area (Å²) in [6, 6.07) is 14.9. The van der Waals surface area contributed by atoms with Gasteiger partial charge >= 0.3 is 0 Å². The summed E-state index contributed by atoms with van der Waals surface area (Å²) in [4.78, 5) is 17.4. The first-order valence-corrected chi connectivity index (χ1v) is 10.6. The van der Waals surface area contributed by atoms with Crippen molar-refractivity contribution in [3.8, 4) is 28.5 Å². The lowest BCUT2D eigenvalue weighted by molar-refractivity contribution is -0.116. The number of methoxy groups -OCH3 is 1. The first-order valence-electron chi connectivity index (χ1n) is 10.2. The Balaban J connectivity index is 1.32. The first kappa shape index (κ1) is 20.1. The summed E-state index contributed by atoms with van der Waals surface area (Å²) < 4.78 is 7.23. The molecule has 10 heteroatoms. The number of amides is 1. The zero-order valence-electron chi connectivity index (χ0n) is 17.3. The number of H-pyrrole nitrogens is 2. The lowest BCUT2D eigenvalue weighted by Gasteiger charge is -2.09. The van der Waals surface area contributed by atoms with Crippen LogP contribution in [0.25, 0.3) is 22.8 Å². The summed E-state index contributed by atoms with van der Waals surface area (Å²) in [6.07, 6.45) is 2.31. The van der Waals surface area contributed by atoms with Crippen LogP contribution < -0.4 is 10.1 Å². The van der Waals surface area contributed by atoms with Crippen molar-refractivity contribution >= 4 is 23.8 Å². The number of nitrogens with zero attached hydrogens (tertiary/aromatic N) is 4. The Bertz CT molecular complexity index is 1320. The molecule has 162 valence electrons. The molecule has 2 heterocycles. The first-order chi connectivity index (χ1) is 15.6. The van der Waals surface area contributed by atoms with Crippen molar-refractivity contribution < 1.29 is 9.53 Å². The van der Waals surface area contributed by atoms with Crippen LogP contribution in [0.15, 0.2) is 48.5 Å². The van der Waals surface area contributed by atoms with E-state index in [0.29, 0.717) is 28.0 Å². The summed E-state index contributed by atoms with van der Waals surface area (Å²) in [6.45, 7) is 0.0212. The third-order valence-electron chi connectivity index (χ3n) is 5.28. The van der Waals surface area contributed by atoms with Gasteiger partial charge in [0.05, 0.1) is 7.11 Å². The van der Waals surface area contributed by atoms with E-state index in [4.69, 9.17) is 17.0 Å². The van der Waals surface area contributed by atoms with Gasteiger partial charge in [0.15, 0.2) is 16.4 Å². The second-order valence-electron chi connectivity index (χ2n) is 7.61. The molecule has 0 atom stereocenters. The molecule has 2 aromatic heterocycles. The Labute approximate surface area is 188 Å². The van der Waals surface area contributed by atoms with Crippen LogP contribution in [-0.2, 0) is 11.3 Å². The molecule has 0 saturated heterocycles. The second kappa shape index (κ2) is 8.39. The average molecular weight is 448 g/mol. The fraction of sp³-hybridized carbons (Fsp3) is 0.227. The van der Waals surface area contributed by atoms with Gasteiger partial charge in [-0.3, -0.25) is 19.6 Å². The van der Waals surface area contributed by atoms with E-state index in [1.165, 1.54) is 0 Å². The van der Waals surface area contributed by atoms with Crippen LogP contribution in [0, 0.1) is 4.77 Å². The number of anilines is 1. The Morgan fingerprint density at radius 3 is 2.72 bits per heavy atom. The summed E-state index contributed by atoms with van der Waals surface area (Å²) in [5, 5.41) is 17.3. The summed E-state index contributed by atoms with van der Waals surface area (Å²) in [5.74, 6) is 3.15. The number of benzene rings is 2. The molecule has 0 radical (unpaired) electrons. The molecule has 9 nitrogen and oxygen atoms in total. The fourth-order valence-corrected chi connectivity index (χ4v) is 3.64. The molecule has 2 aromatic carbocycles. The van der Waals surface area contributed by atoms with Crippen LogP contribution in [0.5, 0.6) is 5.75 Å². The van der Waals surface area contributed by atoms with Crippen LogP contribution in [0.3, 0.4) is 0 Å². The largest absolute Gasteiger partial charge is 0.497 e. The smallest absolute Gasteiger partial charge is 0.244 e. The highest BCUT2D eigenvalue weighted by Crippen LogP contribution is 2.38. The Morgan fingerprint density at radius 1 is 1.16 bits per heavy atom. The van der Waals surface area contributed by atoms with E-state index < -0.39 is 0 Å². The normalized spacial score (nSPS) is 13.2. The van der Waals surface area contributed by atoms with Gasteiger partial charge in [-0.15, -0.1) is 0 Å². The molecular formula is C22H21N7O2S. The third kappa shape index (κ3) is 4.17. The van der Waals surface area contributed by atoms with Gasteiger partial charge < -0.3 is 10.1 Å². The highest BCUT2D eigenvalue weighted by Gasteiger charge is 2.27. The molecule has 0 bridgehead atoms. The number of hydrogen-bond donors (Lipinski definition) is 3.